The Kier molecular flexibility index (Phi) is 6.53. The maximum atomic E-state index is 9.65. The summed E-state index contributed by atoms with van der Waals surface area (Å²) in [6.45, 7) is 5.30. The van der Waals surface area contributed by atoms with Crippen molar-refractivity contribution in [2.45, 2.75) is 31.3 Å². The van der Waals surface area contributed by atoms with Gasteiger partial charge in [0.1, 0.15) is 0 Å². The maximum Gasteiger partial charge on any atom is 0.0867 e. The molecule has 0 radical (unpaired) electrons. The molecule has 0 aromatic heterocycles. The molecule has 0 saturated heterocycles. The van der Waals surface area contributed by atoms with Gasteiger partial charge in [-0.25, -0.2) is 0 Å². The van der Waals surface area contributed by atoms with Gasteiger partial charge >= 0.3 is 0 Å². The van der Waals surface area contributed by atoms with Crippen molar-refractivity contribution >= 4 is 11.8 Å². The monoisotopic (exact) mass is 240 g/mol. The number of hydrogen-bond acceptors (Lipinski definition) is 3. The Bertz CT molecular complexity index is 284. The number of thioether (sulfide) groups is 1. The van der Waals surface area contributed by atoms with Gasteiger partial charge in [0.05, 0.1) is 12.7 Å². The van der Waals surface area contributed by atoms with E-state index in [-0.39, 0.29) is 6.10 Å². The quantitative estimate of drug-likeness (QED) is 0.587. The fraction of sp³-hybridized carbons (Fsp3) is 0.538. The fourth-order valence-electron chi connectivity index (χ4n) is 1.24. The van der Waals surface area contributed by atoms with Crippen LogP contribution >= 0.6 is 11.8 Å². The van der Waals surface area contributed by atoms with Gasteiger partial charge in [-0.15, -0.1) is 11.8 Å². The highest BCUT2D eigenvalue weighted by Crippen LogP contribution is 2.19. The van der Waals surface area contributed by atoms with Crippen LogP contribution in [-0.4, -0.2) is 30.2 Å². The van der Waals surface area contributed by atoms with Gasteiger partial charge in [0.15, 0.2) is 0 Å². The number of benzene rings is 1. The molecule has 2 nitrogen and oxygen atoms in total. The Morgan fingerprint density at radius 1 is 1.31 bits per heavy atom. The molecule has 0 heterocycles. The van der Waals surface area contributed by atoms with Crippen LogP contribution in [0, 0.1) is 6.92 Å². The Morgan fingerprint density at radius 3 is 2.62 bits per heavy atom. The molecule has 1 aromatic carbocycles. The molecule has 3 heteroatoms. The van der Waals surface area contributed by atoms with Crippen molar-refractivity contribution < 1.29 is 9.84 Å². The van der Waals surface area contributed by atoms with E-state index >= 15 is 0 Å². The first-order chi connectivity index (χ1) is 7.72. The molecule has 0 aliphatic carbocycles. The van der Waals surface area contributed by atoms with E-state index in [0.717, 1.165) is 13.0 Å². The zero-order chi connectivity index (χ0) is 11.8. The average Bonchev–Trinajstić information content (AvgIpc) is 2.29. The molecule has 16 heavy (non-hydrogen) atoms. The molecule has 0 amide bonds. The predicted octanol–water partition coefficient (Wildman–Crippen LogP) is 2.87. The Morgan fingerprint density at radius 2 is 2.00 bits per heavy atom. The molecule has 90 valence electrons. The summed E-state index contributed by atoms with van der Waals surface area (Å²) in [5, 5.41) is 9.65. The van der Waals surface area contributed by atoms with Crippen LogP contribution in [0.4, 0.5) is 0 Å². The lowest BCUT2D eigenvalue weighted by atomic mass is 10.2. The minimum absolute atomic E-state index is 0.377. The van der Waals surface area contributed by atoms with Gasteiger partial charge in [-0.05, 0) is 25.5 Å². The smallest absolute Gasteiger partial charge is 0.0867 e. The zero-order valence-electron chi connectivity index (χ0n) is 9.98. The van der Waals surface area contributed by atoms with E-state index in [1.165, 1.54) is 10.5 Å². The van der Waals surface area contributed by atoms with E-state index in [4.69, 9.17) is 4.74 Å². The predicted molar refractivity (Wildman–Crippen MR) is 69.0 cm³/mol. The Labute approximate surface area is 102 Å². The van der Waals surface area contributed by atoms with Crippen LogP contribution in [0.1, 0.15) is 18.9 Å². The van der Waals surface area contributed by atoms with Gasteiger partial charge < -0.3 is 9.84 Å². The Hall–Kier alpha value is -0.510. The lowest BCUT2D eigenvalue weighted by molar-refractivity contribution is 0.0489. The van der Waals surface area contributed by atoms with Crippen LogP contribution in [-0.2, 0) is 4.74 Å². The third-order valence-corrected chi connectivity index (χ3v) is 3.28. The maximum absolute atomic E-state index is 9.65. The standard InChI is InChI=1S/C13H20O2S/c1-3-8-15-9-12(14)10-16-13-6-4-11(2)5-7-13/h4-7,12,14H,3,8-10H2,1-2H3. The highest BCUT2D eigenvalue weighted by Gasteiger charge is 2.04. The minimum atomic E-state index is -0.377. The number of rotatable bonds is 7. The summed E-state index contributed by atoms with van der Waals surface area (Å²) in [6, 6.07) is 8.34. The van der Waals surface area contributed by atoms with Crippen molar-refractivity contribution in [1.29, 1.82) is 0 Å². The normalized spacial score (nSPS) is 12.7. The zero-order valence-corrected chi connectivity index (χ0v) is 10.8. The highest BCUT2D eigenvalue weighted by molar-refractivity contribution is 7.99. The molecule has 0 bridgehead atoms. The number of hydrogen-bond donors (Lipinski definition) is 1. The molecular formula is C13H20O2S. The molecule has 0 fully saturated rings. The Balaban J connectivity index is 2.20. The SMILES string of the molecule is CCCOCC(O)CSc1ccc(C)cc1. The first kappa shape index (κ1) is 13.6. The van der Waals surface area contributed by atoms with Gasteiger partial charge in [-0.1, -0.05) is 24.6 Å². The lowest BCUT2D eigenvalue weighted by Crippen LogP contribution is -2.18. The van der Waals surface area contributed by atoms with Gasteiger partial charge in [0.2, 0.25) is 0 Å². The number of ether oxygens (including phenoxy) is 1. The average molecular weight is 240 g/mol. The van der Waals surface area contributed by atoms with Crippen LogP contribution < -0.4 is 0 Å². The second-order valence-corrected chi connectivity index (χ2v) is 4.95. The summed E-state index contributed by atoms with van der Waals surface area (Å²) >= 11 is 1.67. The van der Waals surface area contributed by atoms with E-state index in [2.05, 4.69) is 38.1 Å². The van der Waals surface area contributed by atoms with Crippen LogP contribution in [0.3, 0.4) is 0 Å². The third-order valence-electron chi connectivity index (χ3n) is 2.12. The summed E-state index contributed by atoms with van der Waals surface area (Å²) in [4.78, 5) is 1.19. The number of aryl methyl sites for hydroxylation is 1. The fourth-order valence-corrected chi connectivity index (χ4v) is 2.05. The molecule has 0 aliphatic rings. The summed E-state index contributed by atoms with van der Waals surface area (Å²) in [5.74, 6) is 0.687. The van der Waals surface area contributed by atoms with E-state index in [9.17, 15) is 5.11 Å². The van der Waals surface area contributed by atoms with Gasteiger partial charge in [0.25, 0.3) is 0 Å². The van der Waals surface area contributed by atoms with Gasteiger partial charge in [0, 0.05) is 17.3 Å². The molecule has 0 spiro atoms. The number of aliphatic hydroxyl groups is 1. The molecule has 0 saturated carbocycles. The van der Waals surface area contributed by atoms with Crippen LogP contribution in [0.15, 0.2) is 29.2 Å². The van der Waals surface area contributed by atoms with Gasteiger partial charge in [-0.3, -0.25) is 0 Å². The van der Waals surface area contributed by atoms with E-state index < -0.39 is 0 Å². The highest BCUT2D eigenvalue weighted by atomic mass is 32.2. The summed E-state index contributed by atoms with van der Waals surface area (Å²) in [7, 11) is 0. The van der Waals surface area contributed by atoms with E-state index in [1.54, 1.807) is 11.8 Å². The molecule has 1 rings (SSSR count). The first-order valence-electron chi connectivity index (χ1n) is 5.67. The second kappa shape index (κ2) is 7.71. The molecule has 0 aliphatic heterocycles. The summed E-state index contributed by atoms with van der Waals surface area (Å²) in [5.41, 5.74) is 1.26. The van der Waals surface area contributed by atoms with Gasteiger partial charge in [-0.2, -0.15) is 0 Å². The second-order valence-electron chi connectivity index (χ2n) is 3.85. The van der Waals surface area contributed by atoms with Crippen LogP contribution in [0.25, 0.3) is 0 Å². The van der Waals surface area contributed by atoms with E-state index in [0.29, 0.717) is 12.4 Å². The van der Waals surface area contributed by atoms with Crippen molar-refractivity contribution in [3.05, 3.63) is 29.8 Å². The largest absolute Gasteiger partial charge is 0.390 e. The third kappa shape index (κ3) is 5.54. The number of aliphatic hydroxyl groups excluding tert-OH is 1. The summed E-state index contributed by atoms with van der Waals surface area (Å²) < 4.78 is 5.29. The van der Waals surface area contributed by atoms with Crippen molar-refractivity contribution in [3.8, 4) is 0 Å². The topological polar surface area (TPSA) is 29.5 Å². The molecule has 1 atom stereocenters. The molecule has 1 aromatic rings. The van der Waals surface area contributed by atoms with Crippen molar-refractivity contribution in [2.75, 3.05) is 19.0 Å². The van der Waals surface area contributed by atoms with Crippen molar-refractivity contribution in [2.24, 2.45) is 0 Å². The molecule has 1 N–H and O–H groups in total. The van der Waals surface area contributed by atoms with E-state index in [1.807, 2.05) is 0 Å². The van der Waals surface area contributed by atoms with Crippen LogP contribution in [0.2, 0.25) is 0 Å². The first-order valence-corrected chi connectivity index (χ1v) is 6.66. The minimum Gasteiger partial charge on any atom is -0.390 e. The van der Waals surface area contributed by atoms with Crippen molar-refractivity contribution in [1.82, 2.24) is 0 Å². The lowest BCUT2D eigenvalue weighted by Gasteiger charge is -2.10. The molecule has 1 unspecified atom stereocenters. The van der Waals surface area contributed by atoms with Crippen molar-refractivity contribution in [3.63, 3.8) is 0 Å². The molecular weight excluding hydrogens is 220 g/mol. The summed E-state index contributed by atoms with van der Waals surface area (Å²) in [6.07, 6.45) is 0.621. The van der Waals surface area contributed by atoms with Crippen LogP contribution in [0.5, 0.6) is 0 Å².